The van der Waals surface area contributed by atoms with Gasteiger partial charge < -0.3 is 10.5 Å². The number of imide groups is 1. The molecule has 0 aliphatic carbocycles. The van der Waals surface area contributed by atoms with E-state index in [1.165, 1.54) is 7.11 Å². The molecule has 1 aliphatic heterocycles. The molecule has 0 radical (unpaired) electrons. The Morgan fingerprint density at radius 3 is 2.58 bits per heavy atom. The monoisotopic (exact) mass is 340 g/mol. The zero-order valence-electron chi connectivity index (χ0n) is 13.3. The fraction of sp³-hybridized carbons (Fsp3) is 0.111. The Morgan fingerprint density at radius 2 is 1.88 bits per heavy atom. The van der Waals surface area contributed by atoms with Crippen molar-refractivity contribution in [2.24, 2.45) is 0 Å². The van der Waals surface area contributed by atoms with E-state index in [2.05, 4.69) is 0 Å². The molecule has 2 N–H and O–H groups in total. The molecular formula is C18H16N2O3S. The van der Waals surface area contributed by atoms with Crippen molar-refractivity contribution in [1.29, 1.82) is 0 Å². The maximum atomic E-state index is 12.8. The van der Waals surface area contributed by atoms with E-state index in [0.29, 0.717) is 22.0 Å². The molecule has 1 heterocycles. The van der Waals surface area contributed by atoms with Crippen LogP contribution in [-0.2, 0) is 4.79 Å². The average Bonchev–Trinajstić information content (AvgIpc) is 2.88. The third kappa shape index (κ3) is 2.76. The molecule has 2 aromatic rings. The third-order valence-electron chi connectivity index (χ3n) is 3.76. The van der Waals surface area contributed by atoms with Gasteiger partial charge in [0, 0.05) is 5.69 Å². The number of hydrogen-bond acceptors (Lipinski definition) is 5. The first kappa shape index (κ1) is 16.1. The molecule has 1 aliphatic rings. The largest absolute Gasteiger partial charge is 0.495 e. The summed E-state index contributed by atoms with van der Waals surface area (Å²) in [4.78, 5) is 26.8. The summed E-state index contributed by atoms with van der Waals surface area (Å²) < 4.78 is 5.26. The first-order valence-electron chi connectivity index (χ1n) is 7.29. The highest BCUT2D eigenvalue weighted by molar-refractivity contribution is 8.19. The molecule has 0 atom stereocenters. The number of hydrogen-bond donors (Lipinski definition) is 1. The average molecular weight is 340 g/mol. The lowest BCUT2D eigenvalue weighted by Crippen LogP contribution is -2.28. The van der Waals surface area contributed by atoms with Gasteiger partial charge in [0.2, 0.25) is 0 Å². The van der Waals surface area contributed by atoms with Gasteiger partial charge in [0.05, 0.1) is 17.7 Å². The van der Waals surface area contributed by atoms with Gasteiger partial charge in [-0.05, 0) is 54.1 Å². The number of nitrogens with zero attached hydrogens (tertiary/aromatic N) is 1. The number of para-hydroxylation sites is 2. The van der Waals surface area contributed by atoms with Gasteiger partial charge in [-0.3, -0.25) is 9.59 Å². The number of carbonyl (C=O) groups excluding carboxylic acids is 2. The van der Waals surface area contributed by atoms with E-state index in [4.69, 9.17) is 10.5 Å². The van der Waals surface area contributed by atoms with Gasteiger partial charge in [-0.15, -0.1) is 0 Å². The van der Waals surface area contributed by atoms with Gasteiger partial charge in [0.1, 0.15) is 5.75 Å². The normalized spacial score (nSPS) is 16.5. The summed E-state index contributed by atoms with van der Waals surface area (Å²) >= 11 is 0.925. The minimum absolute atomic E-state index is 0.345. The van der Waals surface area contributed by atoms with Gasteiger partial charge in [-0.1, -0.05) is 24.3 Å². The Hall–Kier alpha value is -2.73. The number of nitrogens with two attached hydrogens (primary N) is 1. The summed E-state index contributed by atoms with van der Waals surface area (Å²) in [5, 5.41) is -0.345. The van der Waals surface area contributed by atoms with Crippen molar-refractivity contribution in [3.05, 3.63) is 59.0 Å². The van der Waals surface area contributed by atoms with Crippen molar-refractivity contribution in [3.63, 3.8) is 0 Å². The van der Waals surface area contributed by atoms with Crippen molar-refractivity contribution >= 4 is 39.9 Å². The Balaban J connectivity index is 2.05. The Morgan fingerprint density at radius 1 is 1.12 bits per heavy atom. The summed E-state index contributed by atoms with van der Waals surface area (Å²) in [6.45, 7) is 1.81. The lowest BCUT2D eigenvalue weighted by Gasteiger charge is -2.16. The highest BCUT2D eigenvalue weighted by Crippen LogP contribution is 2.41. The number of rotatable bonds is 3. The number of allylic oxidation sites excluding steroid dienone is 1. The Kier molecular flexibility index (Phi) is 4.31. The summed E-state index contributed by atoms with van der Waals surface area (Å²) in [7, 11) is 1.51. The van der Waals surface area contributed by atoms with Crippen LogP contribution in [0.1, 0.15) is 12.5 Å². The molecule has 2 amide bonds. The number of amides is 2. The molecule has 6 heteroatoms. The van der Waals surface area contributed by atoms with E-state index in [1.54, 1.807) is 36.4 Å². The molecule has 0 bridgehead atoms. The van der Waals surface area contributed by atoms with Gasteiger partial charge in [0.25, 0.3) is 11.1 Å². The van der Waals surface area contributed by atoms with E-state index in [1.807, 2.05) is 19.1 Å². The van der Waals surface area contributed by atoms with Crippen molar-refractivity contribution < 1.29 is 14.3 Å². The summed E-state index contributed by atoms with van der Waals surface area (Å²) in [6, 6.07) is 14.2. The van der Waals surface area contributed by atoms with E-state index in [-0.39, 0.29) is 11.1 Å². The van der Waals surface area contributed by atoms with Gasteiger partial charge in [0.15, 0.2) is 0 Å². The highest BCUT2D eigenvalue weighted by Gasteiger charge is 2.39. The second kappa shape index (κ2) is 6.41. The van der Waals surface area contributed by atoms with Gasteiger partial charge >= 0.3 is 0 Å². The molecule has 0 unspecified atom stereocenters. The van der Waals surface area contributed by atoms with E-state index < -0.39 is 0 Å². The SMILES string of the molecule is COc1ccccc1N1C(=O)S/C(=C(/C)c2cccc(N)c2)C1=O. The smallest absolute Gasteiger partial charge is 0.298 e. The van der Waals surface area contributed by atoms with Crippen LogP contribution in [0.15, 0.2) is 53.4 Å². The van der Waals surface area contributed by atoms with Crippen LogP contribution in [-0.4, -0.2) is 18.3 Å². The van der Waals surface area contributed by atoms with Crippen LogP contribution in [0.5, 0.6) is 5.75 Å². The van der Waals surface area contributed by atoms with Crippen LogP contribution < -0.4 is 15.4 Å². The van der Waals surface area contributed by atoms with Gasteiger partial charge in [-0.25, -0.2) is 4.90 Å². The molecular weight excluding hydrogens is 324 g/mol. The molecule has 0 saturated carbocycles. The summed E-state index contributed by atoms with van der Waals surface area (Å²) in [5.74, 6) is 0.122. The molecule has 1 fully saturated rings. The number of benzene rings is 2. The van der Waals surface area contributed by atoms with Gasteiger partial charge in [-0.2, -0.15) is 0 Å². The molecule has 5 nitrogen and oxygen atoms in total. The molecule has 2 aromatic carbocycles. The van der Waals surface area contributed by atoms with E-state index in [0.717, 1.165) is 27.8 Å². The number of nitrogen functional groups attached to an aromatic ring is 1. The standard InChI is InChI=1S/C18H16N2O3S/c1-11(12-6-5-7-13(19)10-12)16-17(21)20(18(22)24-16)14-8-3-4-9-15(14)23-2/h3-10H,19H2,1-2H3/b16-11-. The molecule has 3 rings (SSSR count). The molecule has 122 valence electrons. The fourth-order valence-electron chi connectivity index (χ4n) is 2.52. The fourth-order valence-corrected chi connectivity index (χ4v) is 3.42. The Bertz CT molecular complexity index is 861. The minimum Gasteiger partial charge on any atom is -0.495 e. The molecule has 1 saturated heterocycles. The van der Waals surface area contributed by atoms with Crippen molar-refractivity contribution in [2.45, 2.75) is 6.92 Å². The van der Waals surface area contributed by atoms with Crippen molar-refractivity contribution in [1.82, 2.24) is 0 Å². The van der Waals surface area contributed by atoms with Crippen molar-refractivity contribution in [2.75, 3.05) is 17.7 Å². The quantitative estimate of drug-likeness (QED) is 0.677. The first-order valence-corrected chi connectivity index (χ1v) is 8.10. The lowest BCUT2D eigenvalue weighted by molar-refractivity contribution is -0.113. The topological polar surface area (TPSA) is 72.6 Å². The number of carbonyl (C=O) groups is 2. The van der Waals surface area contributed by atoms with E-state index >= 15 is 0 Å². The molecule has 24 heavy (non-hydrogen) atoms. The van der Waals surface area contributed by atoms with E-state index in [9.17, 15) is 9.59 Å². The number of thioether (sulfide) groups is 1. The van der Waals surface area contributed by atoms with Crippen molar-refractivity contribution in [3.8, 4) is 5.75 Å². The summed E-state index contributed by atoms with van der Waals surface area (Å²) in [5.41, 5.74) is 8.40. The number of anilines is 2. The van der Waals surface area contributed by atoms with Crippen LogP contribution in [0.4, 0.5) is 16.2 Å². The highest BCUT2D eigenvalue weighted by atomic mass is 32.2. The predicted octanol–water partition coefficient (Wildman–Crippen LogP) is 3.91. The first-order chi connectivity index (χ1) is 11.5. The van der Waals surface area contributed by atoms with Crippen LogP contribution in [0, 0.1) is 0 Å². The zero-order valence-corrected chi connectivity index (χ0v) is 14.1. The molecule has 0 aromatic heterocycles. The van der Waals surface area contributed by atoms with Crippen LogP contribution in [0.25, 0.3) is 5.57 Å². The minimum atomic E-state index is -0.352. The Labute approximate surface area is 144 Å². The third-order valence-corrected chi connectivity index (χ3v) is 4.80. The maximum absolute atomic E-state index is 12.8. The maximum Gasteiger partial charge on any atom is 0.298 e. The number of methoxy groups -OCH3 is 1. The van der Waals surface area contributed by atoms with Crippen LogP contribution >= 0.6 is 11.8 Å². The molecule has 0 spiro atoms. The predicted molar refractivity (Wildman–Crippen MR) is 96.9 cm³/mol. The lowest BCUT2D eigenvalue weighted by atomic mass is 10.1. The number of ether oxygens (including phenoxy) is 1. The van der Waals surface area contributed by atoms with Crippen LogP contribution in [0.3, 0.4) is 0 Å². The zero-order chi connectivity index (χ0) is 17.3. The summed E-state index contributed by atoms with van der Waals surface area (Å²) in [6.07, 6.45) is 0. The second-order valence-electron chi connectivity index (χ2n) is 5.26. The second-order valence-corrected chi connectivity index (χ2v) is 6.22. The van der Waals surface area contributed by atoms with Crippen LogP contribution in [0.2, 0.25) is 0 Å².